The number of aliphatic hydroxyl groups is 1. The summed E-state index contributed by atoms with van der Waals surface area (Å²) in [6.07, 6.45) is 4.79. The van der Waals surface area contributed by atoms with E-state index < -0.39 is 12.0 Å². The molecule has 8 heteroatoms. The van der Waals surface area contributed by atoms with E-state index in [1.807, 2.05) is 13.8 Å². The third kappa shape index (κ3) is 8.20. The second kappa shape index (κ2) is 12.9. The van der Waals surface area contributed by atoms with Crippen LogP contribution >= 0.6 is 11.8 Å². The lowest BCUT2D eigenvalue weighted by molar-refractivity contribution is -0.147. The van der Waals surface area contributed by atoms with Crippen LogP contribution in [0.4, 0.5) is 13.6 Å². The van der Waals surface area contributed by atoms with Crippen molar-refractivity contribution in [1.82, 2.24) is 4.90 Å². The minimum Gasteiger partial charge on any atom is -0.463 e. The summed E-state index contributed by atoms with van der Waals surface area (Å²) in [5, 5.41) is 10.0. The minimum atomic E-state index is -3.41. The van der Waals surface area contributed by atoms with E-state index in [1.165, 1.54) is 42.1 Å². The van der Waals surface area contributed by atoms with Gasteiger partial charge in [0.25, 0.3) is 5.24 Å². The molecule has 32 heavy (non-hydrogen) atoms. The highest BCUT2D eigenvalue weighted by atomic mass is 32.2. The Balaban J connectivity index is 1.83. The molecule has 0 bridgehead atoms. The minimum absolute atomic E-state index is 0.0734. The summed E-state index contributed by atoms with van der Waals surface area (Å²) in [4.78, 5) is 25.6. The maximum absolute atomic E-state index is 14.5. The lowest BCUT2D eigenvalue weighted by Gasteiger charge is -2.33. The molecule has 0 saturated carbocycles. The van der Waals surface area contributed by atoms with Gasteiger partial charge in [-0.15, -0.1) is 0 Å². The molecule has 1 heterocycles. The highest BCUT2D eigenvalue weighted by Crippen LogP contribution is 2.33. The topological polar surface area (TPSA) is 66.8 Å². The molecule has 5 nitrogen and oxygen atoms in total. The van der Waals surface area contributed by atoms with E-state index in [9.17, 15) is 23.5 Å². The molecule has 1 saturated heterocycles. The van der Waals surface area contributed by atoms with Crippen LogP contribution in [0.2, 0.25) is 0 Å². The first kappa shape index (κ1) is 26.3. The van der Waals surface area contributed by atoms with E-state index in [2.05, 4.69) is 0 Å². The fourth-order valence-corrected chi connectivity index (χ4v) is 4.44. The molecule has 0 aliphatic carbocycles. The Kier molecular flexibility index (Phi) is 10.6. The van der Waals surface area contributed by atoms with Crippen LogP contribution in [0, 0.1) is 0 Å². The molecule has 178 valence electrons. The Morgan fingerprint density at radius 1 is 1.25 bits per heavy atom. The van der Waals surface area contributed by atoms with Crippen molar-refractivity contribution in [3.63, 3.8) is 0 Å². The van der Waals surface area contributed by atoms with Gasteiger partial charge in [-0.25, -0.2) is 0 Å². The van der Waals surface area contributed by atoms with Crippen molar-refractivity contribution in [3.05, 3.63) is 48.0 Å². The number of esters is 1. The molecule has 1 N–H and O–H groups in total. The quantitative estimate of drug-likeness (QED) is 0.248. The lowest BCUT2D eigenvalue weighted by atomic mass is 10.0. The Hall–Kier alpha value is -1.93. The molecule has 0 aromatic heterocycles. The summed E-state index contributed by atoms with van der Waals surface area (Å²) in [5.41, 5.74) is -0.249. The molecule has 2 rings (SSSR count). The normalized spacial score (nSPS) is 18.4. The lowest BCUT2D eigenvalue weighted by Crippen LogP contribution is -2.41. The third-order valence-corrected chi connectivity index (χ3v) is 6.14. The van der Waals surface area contributed by atoms with Gasteiger partial charge in [-0.1, -0.05) is 67.1 Å². The zero-order valence-electron chi connectivity index (χ0n) is 18.7. The van der Waals surface area contributed by atoms with Crippen molar-refractivity contribution < 1.29 is 28.2 Å². The van der Waals surface area contributed by atoms with Crippen LogP contribution in [0.15, 0.2) is 42.5 Å². The molecule has 1 aromatic rings. The van der Waals surface area contributed by atoms with E-state index in [4.69, 9.17) is 4.74 Å². The number of thioether (sulfide) groups is 1. The number of aliphatic hydroxyl groups excluding tert-OH is 1. The number of benzene rings is 1. The Morgan fingerprint density at radius 2 is 1.94 bits per heavy atom. The Morgan fingerprint density at radius 3 is 2.62 bits per heavy atom. The summed E-state index contributed by atoms with van der Waals surface area (Å²) in [7, 11) is 0. The summed E-state index contributed by atoms with van der Waals surface area (Å²) in [5.74, 6) is -2.99. The van der Waals surface area contributed by atoms with E-state index in [0.29, 0.717) is 25.1 Å². The maximum Gasteiger partial charge on any atom is 0.306 e. The van der Waals surface area contributed by atoms with Crippen molar-refractivity contribution in [2.45, 2.75) is 76.5 Å². The standard InChI is InChI=1S/C24H33F2NO4S/c1-18(2)31-22(29)12-8-3-4-9-16-27-20(15-17-32-23(27)30)13-14-21(28)24(25,26)19-10-6-5-7-11-19/h5-7,10-11,13-14,18,20-21,28H,3-4,8-9,12,15-17H2,1-2H3/b14-13+/t20-,21+/m0/s1. The zero-order chi connectivity index (χ0) is 23.6. The van der Waals surface area contributed by atoms with E-state index >= 15 is 0 Å². The average molecular weight is 470 g/mol. The number of carbonyl (C=O) groups is 2. The summed E-state index contributed by atoms with van der Waals surface area (Å²) >= 11 is 1.23. The van der Waals surface area contributed by atoms with Gasteiger partial charge in [0.05, 0.1) is 12.1 Å². The van der Waals surface area contributed by atoms with Gasteiger partial charge in [-0.05, 0) is 33.1 Å². The van der Waals surface area contributed by atoms with Crippen LogP contribution in [0.1, 0.15) is 57.9 Å². The Labute approximate surface area is 193 Å². The van der Waals surface area contributed by atoms with Gasteiger partial charge >= 0.3 is 11.9 Å². The molecule has 1 aliphatic heterocycles. The van der Waals surface area contributed by atoms with Gasteiger partial charge in [-0.3, -0.25) is 9.59 Å². The van der Waals surface area contributed by atoms with Gasteiger partial charge in [-0.2, -0.15) is 8.78 Å². The van der Waals surface area contributed by atoms with Crippen molar-refractivity contribution in [1.29, 1.82) is 0 Å². The first-order valence-corrected chi connectivity index (χ1v) is 12.1. The molecular formula is C24H33F2NO4S. The summed E-state index contributed by atoms with van der Waals surface area (Å²) in [6, 6.07) is 6.91. The van der Waals surface area contributed by atoms with Gasteiger partial charge in [0.1, 0.15) is 6.10 Å². The number of unbranched alkanes of at least 4 members (excludes halogenated alkanes) is 3. The van der Waals surface area contributed by atoms with Crippen molar-refractivity contribution in [2.24, 2.45) is 0 Å². The van der Waals surface area contributed by atoms with Gasteiger partial charge in [0.2, 0.25) is 0 Å². The molecule has 1 aromatic carbocycles. The van der Waals surface area contributed by atoms with Crippen molar-refractivity contribution >= 4 is 23.0 Å². The van der Waals surface area contributed by atoms with Crippen LogP contribution in [0.25, 0.3) is 0 Å². The average Bonchev–Trinajstić information content (AvgIpc) is 2.75. The molecule has 2 atom stereocenters. The van der Waals surface area contributed by atoms with Crippen LogP contribution < -0.4 is 0 Å². The molecule has 1 fully saturated rings. The van der Waals surface area contributed by atoms with E-state index in [-0.39, 0.29) is 28.9 Å². The molecule has 1 aliphatic rings. The zero-order valence-corrected chi connectivity index (χ0v) is 19.5. The van der Waals surface area contributed by atoms with Gasteiger partial charge in [0.15, 0.2) is 0 Å². The highest BCUT2D eigenvalue weighted by Gasteiger charge is 2.39. The highest BCUT2D eigenvalue weighted by molar-refractivity contribution is 8.13. The Bertz CT molecular complexity index is 758. The van der Waals surface area contributed by atoms with Crippen molar-refractivity contribution in [3.8, 4) is 0 Å². The number of hydrogen-bond acceptors (Lipinski definition) is 5. The predicted octanol–water partition coefficient (Wildman–Crippen LogP) is 5.53. The maximum atomic E-state index is 14.5. The van der Waals surface area contributed by atoms with Gasteiger partial charge in [0, 0.05) is 24.3 Å². The van der Waals surface area contributed by atoms with Crippen LogP contribution in [0.3, 0.4) is 0 Å². The predicted molar refractivity (Wildman–Crippen MR) is 123 cm³/mol. The second-order valence-electron chi connectivity index (χ2n) is 8.19. The molecular weight excluding hydrogens is 436 g/mol. The number of alkyl halides is 2. The van der Waals surface area contributed by atoms with Gasteiger partial charge < -0.3 is 14.7 Å². The smallest absolute Gasteiger partial charge is 0.306 e. The molecule has 1 amide bonds. The SMILES string of the molecule is CC(C)OC(=O)CCCCCCN1C(=O)SCC[C@@H]1/C=C/[C@@H](O)C(F)(F)c1ccccc1. The fourth-order valence-electron chi connectivity index (χ4n) is 3.51. The molecule has 0 radical (unpaired) electrons. The van der Waals surface area contributed by atoms with Crippen LogP contribution in [-0.4, -0.2) is 51.8 Å². The number of rotatable bonds is 12. The van der Waals surface area contributed by atoms with Crippen LogP contribution in [0.5, 0.6) is 0 Å². The number of ether oxygens (including phenoxy) is 1. The number of amides is 1. The number of nitrogens with zero attached hydrogens (tertiary/aromatic N) is 1. The third-order valence-electron chi connectivity index (χ3n) is 5.22. The van der Waals surface area contributed by atoms with E-state index in [0.717, 1.165) is 31.8 Å². The van der Waals surface area contributed by atoms with Crippen LogP contribution in [-0.2, 0) is 15.5 Å². The first-order chi connectivity index (χ1) is 15.2. The molecule has 0 spiro atoms. The second-order valence-corrected chi connectivity index (χ2v) is 9.23. The van der Waals surface area contributed by atoms with E-state index in [1.54, 1.807) is 11.0 Å². The number of carbonyl (C=O) groups excluding carboxylic acids is 2. The number of hydrogen-bond donors (Lipinski definition) is 1. The summed E-state index contributed by atoms with van der Waals surface area (Å²) < 4.78 is 34.1. The monoisotopic (exact) mass is 469 g/mol. The first-order valence-electron chi connectivity index (χ1n) is 11.1. The largest absolute Gasteiger partial charge is 0.463 e. The summed E-state index contributed by atoms with van der Waals surface area (Å²) in [6.45, 7) is 4.15. The number of halogens is 2. The fraction of sp³-hybridized carbons (Fsp3) is 0.583. The molecule has 0 unspecified atom stereocenters. The van der Waals surface area contributed by atoms with Crippen molar-refractivity contribution in [2.75, 3.05) is 12.3 Å².